The van der Waals surface area contributed by atoms with E-state index in [2.05, 4.69) is 47.9 Å². The van der Waals surface area contributed by atoms with Gasteiger partial charge in [0, 0.05) is 73.5 Å². The molecule has 1 aliphatic heterocycles. The van der Waals surface area contributed by atoms with E-state index in [4.69, 9.17) is 0 Å². The molecular formula is C25H24FN7O. The topological polar surface area (TPSA) is 95.1 Å². The number of rotatable bonds is 5. The maximum Gasteiger partial charge on any atom is 0.227 e. The van der Waals surface area contributed by atoms with Crippen molar-refractivity contribution < 1.29 is 9.18 Å². The fraction of sp³-hybridized carbons (Fsp3) is 0.200. The third-order valence-electron chi connectivity index (χ3n) is 5.65. The van der Waals surface area contributed by atoms with Crippen molar-refractivity contribution in [2.75, 3.05) is 41.7 Å². The molecule has 0 bridgehead atoms. The summed E-state index contributed by atoms with van der Waals surface area (Å²) in [5, 5.41) is 9.99. The maximum atomic E-state index is 14.7. The molecule has 0 aliphatic carbocycles. The van der Waals surface area contributed by atoms with Crippen LogP contribution in [-0.4, -0.2) is 47.0 Å². The molecule has 0 radical (unpaired) electrons. The highest BCUT2D eigenvalue weighted by Crippen LogP contribution is 2.30. The molecule has 5 rings (SSSR count). The molecule has 0 atom stereocenters. The number of pyridine rings is 1. The summed E-state index contributed by atoms with van der Waals surface area (Å²) in [7, 11) is 0. The van der Waals surface area contributed by atoms with Crippen molar-refractivity contribution >= 4 is 39.8 Å². The van der Waals surface area contributed by atoms with Gasteiger partial charge in [-0.15, -0.1) is 0 Å². The van der Waals surface area contributed by atoms with Gasteiger partial charge in [-0.25, -0.2) is 14.4 Å². The quantitative estimate of drug-likeness (QED) is 0.418. The predicted octanol–water partition coefficient (Wildman–Crippen LogP) is 3.94. The molecule has 0 saturated carbocycles. The number of nitrogens with zero attached hydrogens (tertiary/aromatic N) is 4. The Kier molecular flexibility index (Phi) is 6.01. The van der Waals surface area contributed by atoms with Gasteiger partial charge in [0.2, 0.25) is 11.9 Å². The zero-order chi connectivity index (χ0) is 23.5. The molecular weight excluding hydrogens is 433 g/mol. The van der Waals surface area contributed by atoms with Crippen molar-refractivity contribution in [1.82, 2.24) is 20.3 Å². The van der Waals surface area contributed by atoms with E-state index in [0.717, 1.165) is 37.3 Å². The van der Waals surface area contributed by atoms with Gasteiger partial charge in [0.15, 0.2) is 0 Å². The molecule has 0 spiro atoms. The summed E-state index contributed by atoms with van der Waals surface area (Å²) in [5.41, 5.74) is 3.65. The summed E-state index contributed by atoms with van der Waals surface area (Å²) in [5.74, 6) is -0.305. The first-order valence-electron chi connectivity index (χ1n) is 11.1. The summed E-state index contributed by atoms with van der Waals surface area (Å²) >= 11 is 0. The minimum absolute atomic E-state index is 0.236. The van der Waals surface area contributed by atoms with Crippen LogP contribution >= 0.6 is 0 Å². The Bertz CT molecular complexity index is 1340. The average molecular weight is 458 g/mol. The second-order valence-corrected chi connectivity index (χ2v) is 8.08. The van der Waals surface area contributed by atoms with E-state index in [1.807, 2.05) is 12.1 Å². The third kappa shape index (κ3) is 4.65. The third-order valence-corrected chi connectivity index (χ3v) is 5.65. The van der Waals surface area contributed by atoms with Crippen LogP contribution in [0.4, 0.5) is 27.4 Å². The predicted molar refractivity (Wildman–Crippen MR) is 132 cm³/mol. The van der Waals surface area contributed by atoms with Gasteiger partial charge in [0.05, 0.1) is 5.69 Å². The zero-order valence-electron chi connectivity index (χ0n) is 18.7. The monoisotopic (exact) mass is 457 g/mol. The minimum Gasteiger partial charge on any atom is -0.369 e. The molecule has 8 nitrogen and oxygen atoms in total. The lowest BCUT2D eigenvalue weighted by Crippen LogP contribution is -2.43. The van der Waals surface area contributed by atoms with Crippen LogP contribution in [0, 0.1) is 5.82 Å². The number of halogens is 1. The number of nitrogens with one attached hydrogen (secondary N) is 3. The number of anilines is 4. The van der Waals surface area contributed by atoms with E-state index >= 15 is 0 Å². The first-order chi connectivity index (χ1) is 16.6. The van der Waals surface area contributed by atoms with E-state index < -0.39 is 5.82 Å². The fourth-order valence-electron chi connectivity index (χ4n) is 4.01. The number of aromatic nitrogens is 3. The number of fused-ring (bicyclic) bond motifs is 1. The average Bonchev–Trinajstić information content (AvgIpc) is 2.86. The Labute approximate surface area is 196 Å². The van der Waals surface area contributed by atoms with Gasteiger partial charge in [0.1, 0.15) is 11.3 Å². The number of hydrogen-bond donors (Lipinski definition) is 3. The standard InChI is InChI=1S/C25H24FN7O/c1-16(34)30-19-4-7-22(26)21(14-19)24-23-17(8-9-28-24)15-29-25(32-23)31-18-2-5-20(6-3-18)33-12-10-27-11-13-33/h2-9,14-15,27H,10-13H2,1H3,(H,30,34)(H,29,31,32). The molecule has 2 aromatic carbocycles. The molecule has 4 aromatic rings. The molecule has 1 aliphatic rings. The Morgan fingerprint density at radius 1 is 1.03 bits per heavy atom. The number of carbonyl (C=O) groups excluding carboxylic acids is 1. The van der Waals surface area contributed by atoms with E-state index in [0.29, 0.717) is 22.8 Å². The van der Waals surface area contributed by atoms with Gasteiger partial charge in [-0.1, -0.05) is 0 Å². The van der Waals surface area contributed by atoms with Crippen LogP contribution in [0.5, 0.6) is 0 Å². The van der Waals surface area contributed by atoms with Gasteiger partial charge in [-0.05, 0) is 48.5 Å². The second kappa shape index (κ2) is 9.40. The fourth-order valence-corrected chi connectivity index (χ4v) is 4.01. The van der Waals surface area contributed by atoms with Crippen LogP contribution in [0.3, 0.4) is 0 Å². The van der Waals surface area contributed by atoms with Crippen molar-refractivity contribution in [3.05, 3.63) is 66.7 Å². The molecule has 3 heterocycles. The number of benzene rings is 2. The Balaban J connectivity index is 1.45. The number of hydrogen-bond acceptors (Lipinski definition) is 7. The number of piperazine rings is 1. The molecule has 1 fully saturated rings. The molecule has 172 valence electrons. The number of carbonyl (C=O) groups is 1. The molecule has 0 unspecified atom stereocenters. The summed E-state index contributed by atoms with van der Waals surface area (Å²) in [4.78, 5) is 27.2. The highest BCUT2D eigenvalue weighted by Gasteiger charge is 2.15. The molecule has 1 amide bonds. The highest BCUT2D eigenvalue weighted by molar-refractivity contribution is 5.94. The Morgan fingerprint density at radius 3 is 2.56 bits per heavy atom. The number of amides is 1. The van der Waals surface area contributed by atoms with Crippen molar-refractivity contribution in [1.29, 1.82) is 0 Å². The van der Waals surface area contributed by atoms with E-state index in [1.165, 1.54) is 24.7 Å². The smallest absolute Gasteiger partial charge is 0.227 e. The lowest BCUT2D eigenvalue weighted by atomic mass is 10.1. The van der Waals surface area contributed by atoms with Crippen molar-refractivity contribution in [3.63, 3.8) is 0 Å². The summed E-state index contributed by atoms with van der Waals surface area (Å²) in [6.07, 6.45) is 3.27. The van der Waals surface area contributed by atoms with Crippen molar-refractivity contribution in [3.8, 4) is 11.3 Å². The Morgan fingerprint density at radius 2 is 1.79 bits per heavy atom. The maximum absolute atomic E-state index is 14.7. The van der Waals surface area contributed by atoms with Crippen LogP contribution < -0.4 is 20.9 Å². The molecule has 34 heavy (non-hydrogen) atoms. The normalized spacial score (nSPS) is 13.6. The SMILES string of the molecule is CC(=O)Nc1ccc(F)c(-c2nccc3cnc(Nc4ccc(N5CCNCC5)cc4)nc23)c1. The van der Waals surface area contributed by atoms with Gasteiger partial charge < -0.3 is 20.9 Å². The summed E-state index contributed by atoms with van der Waals surface area (Å²) in [6, 6.07) is 14.3. The molecule has 1 saturated heterocycles. The van der Waals surface area contributed by atoms with Crippen molar-refractivity contribution in [2.24, 2.45) is 0 Å². The molecule has 2 aromatic heterocycles. The van der Waals surface area contributed by atoms with Gasteiger partial charge in [-0.2, -0.15) is 0 Å². The van der Waals surface area contributed by atoms with Crippen LogP contribution in [0.25, 0.3) is 22.2 Å². The summed E-state index contributed by atoms with van der Waals surface area (Å²) < 4.78 is 14.7. The Hall–Kier alpha value is -4.11. The lowest BCUT2D eigenvalue weighted by molar-refractivity contribution is -0.114. The largest absolute Gasteiger partial charge is 0.369 e. The summed E-state index contributed by atoms with van der Waals surface area (Å²) in [6.45, 7) is 5.33. The first kappa shape index (κ1) is 21.7. The zero-order valence-corrected chi connectivity index (χ0v) is 18.7. The van der Waals surface area contributed by atoms with Crippen molar-refractivity contribution in [2.45, 2.75) is 6.92 Å². The van der Waals surface area contributed by atoms with Crippen LogP contribution in [-0.2, 0) is 4.79 Å². The van der Waals surface area contributed by atoms with Crippen LogP contribution in [0.1, 0.15) is 6.92 Å². The van der Waals surface area contributed by atoms with Crippen LogP contribution in [0.2, 0.25) is 0 Å². The van der Waals surface area contributed by atoms with Gasteiger partial charge in [0.25, 0.3) is 0 Å². The molecule has 3 N–H and O–H groups in total. The molecule has 9 heteroatoms. The second-order valence-electron chi connectivity index (χ2n) is 8.08. The first-order valence-corrected chi connectivity index (χ1v) is 11.1. The highest BCUT2D eigenvalue weighted by atomic mass is 19.1. The van der Waals surface area contributed by atoms with E-state index in [-0.39, 0.29) is 11.5 Å². The van der Waals surface area contributed by atoms with E-state index in [1.54, 1.807) is 24.5 Å². The van der Waals surface area contributed by atoms with E-state index in [9.17, 15) is 9.18 Å². The van der Waals surface area contributed by atoms with Gasteiger partial charge in [-0.3, -0.25) is 9.78 Å². The van der Waals surface area contributed by atoms with Crippen LogP contribution in [0.15, 0.2) is 60.9 Å². The minimum atomic E-state index is -0.453. The lowest BCUT2D eigenvalue weighted by Gasteiger charge is -2.29. The van der Waals surface area contributed by atoms with Gasteiger partial charge >= 0.3 is 0 Å².